The van der Waals surface area contributed by atoms with Gasteiger partial charge in [-0.3, -0.25) is 9.48 Å². The minimum absolute atomic E-state index is 0.247. The maximum atomic E-state index is 11.7. The van der Waals surface area contributed by atoms with E-state index in [0.717, 1.165) is 40.0 Å². The molecule has 0 bridgehead atoms. The first-order valence-corrected chi connectivity index (χ1v) is 11.0. The second-order valence-corrected chi connectivity index (χ2v) is 8.19. The van der Waals surface area contributed by atoms with Crippen LogP contribution in [0, 0.1) is 12.3 Å². The van der Waals surface area contributed by atoms with Crippen molar-refractivity contribution in [3.05, 3.63) is 54.7 Å². The molecule has 0 spiro atoms. The molecule has 1 amide bonds. The van der Waals surface area contributed by atoms with Crippen LogP contribution >= 0.6 is 0 Å². The first-order valence-electron chi connectivity index (χ1n) is 11.0. The van der Waals surface area contributed by atoms with Crippen molar-refractivity contribution in [2.45, 2.75) is 13.3 Å². The highest BCUT2D eigenvalue weighted by molar-refractivity contribution is 5.93. The minimum atomic E-state index is -0.247. The number of rotatable bonds is 4. The summed E-state index contributed by atoms with van der Waals surface area (Å²) in [6.07, 6.45) is 15.9. The zero-order chi connectivity index (χ0) is 22.9. The van der Waals surface area contributed by atoms with Gasteiger partial charge in [-0.1, -0.05) is 6.92 Å². The van der Waals surface area contributed by atoms with Gasteiger partial charge in [0, 0.05) is 74.1 Å². The van der Waals surface area contributed by atoms with Crippen molar-refractivity contribution in [3.8, 4) is 34.6 Å². The van der Waals surface area contributed by atoms with E-state index in [1.807, 2.05) is 48.6 Å². The number of aryl methyl sites for hydroxylation is 2. The number of terminal acetylenes is 1. The Morgan fingerprint density at radius 1 is 1.03 bits per heavy atom. The first kappa shape index (κ1) is 20.8. The van der Waals surface area contributed by atoms with Gasteiger partial charge in [0.15, 0.2) is 0 Å². The number of fused-ring (bicyclic) bond motifs is 1. The molecular formula is C25H25N7O. The molecule has 0 aromatic carbocycles. The van der Waals surface area contributed by atoms with Crippen molar-refractivity contribution in [3.63, 3.8) is 0 Å². The third-order valence-electron chi connectivity index (χ3n) is 6.18. The van der Waals surface area contributed by atoms with E-state index in [1.165, 1.54) is 5.56 Å². The zero-order valence-electron chi connectivity index (χ0n) is 18.8. The van der Waals surface area contributed by atoms with Crippen LogP contribution in [0.15, 0.2) is 49.2 Å². The summed E-state index contributed by atoms with van der Waals surface area (Å²) >= 11 is 0. The summed E-state index contributed by atoms with van der Waals surface area (Å²) in [6.45, 7) is 4.78. The second-order valence-electron chi connectivity index (χ2n) is 8.19. The zero-order valence-corrected chi connectivity index (χ0v) is 18.8. The minimum Gasteiger partial charge on any atom is -0.353 e. The van der Waals surface area contributed by atoms with Crippen molar-refractivity contribution in [1.29, 1.82) is 0 Å². The van der Waals surface area contributed by atoms with E-state index in [9.17, 15) is 4.79 Å². The van der Waals surface area contributed by atoms with Crippen LogP contribution in [-0.4, -0.2) is 61.4 Å². The Morgan fingerprint density at radius 2 is 1.85 bits per heavy atom. The van der Waals surface area contributed by atoms with Gasteiger partial charge in [-0.25, -0.2) is 9.50 Å². The third-order valence-corrected chi connectivity index (χ3v) is 6.18. The van der Waals surface area contributed by atoms with Crippen molar-refractivity contribution in [2.24, 2.45) is 7.05 Å². The molecule has 8 nitrogen and oxygen atoms in total. The number of hydrogen-bond acceptors (Lipinski definition) is 5. The van der Waals surface area contributed by atoms with Gasteiger partial charge in [-0.05, 0) is 36.1 Å². The standard InChI is InChI=1S/C25H25N7O/c1-4-18-14-28-32-17-20(21-15-27-29(3)16-21)12-22(25(18)32)19-6-7-23(26-13-19)30-8-10-31(11-9-30)24(33)5-2/h2,6-7,12-17H,4,8-11H2,1,3H3. The lowest BCUT2D eigenvalue weighted by Crippen LogP contribution is -2.48. The number of aromatic nitrogens is 5. The summed E-state index contributed by atoms with van der Waals surface area (Å²) < 4.78 is 3.75. The number of pyridine rings is 2. The molecule has 5 rings (SSSR count). The molecule has 0 unspecified atom stereocenters. The summed E-state index contributed by atoms with van der Waals surface area (Å²) in [6, 6.07) is 6.34. The summed E-state index contributed by atoms with van der Waals surface area (Å²) in [5, 5.41) is 8.92. The van der Waals surface area contributed by atoms with Crippen LogP contribution in [0.25, 0.3) is 27.8 Å². The maximum absolute atomic E-state index is 11.7. The molecule has 33 heavy (non-hydrogen) atoms. The number of nitrogens with zero attached hydrogens (tertiary/aromatic N) is 7. The van der Waals surface area contributed by atoms with Crippen LogP contribution in [0.1, 0.15) is 12.5 Å². The lowest BCUT2D eigenvalue weighted by atomic mass is 10.0. The number of carbonyl (C=O) groups is 1. The molecule has 1 fully saturated rings. The van der Waals surface area contributed by atoms with Crippen molar-refractivity contribution in [1.82, 2.24) is 29.3 Å². The van der Waals surface area contributed by atoms with Crippen LogP contribution < -0.4 is 4.90 Å². The number of piperazine rings is 1. The Bertz CT molecular complexity index is 1350. The molecule has 4 aromatic rings. The first-order chi connectivity index (χ1) is 16.1. The fourth-order valence-corrected chi connectivity index (χ4v) is 4.35. The molecule has 166 valence electrons. The summed E-state index contributed by atoms with van der Waals surface area (Å²) in [7, 11) is 1.91. The van der Waals surface area contributed by atoms with Gasteiger partial charge in [0.2, 0.25) is 0 Å². The molecule has 0 N–H and O–H groups in total. The summed E-state index contributed by atoms with van der Waals surface area (Å²) in [5.41, 5.74) is 6.51. The van der Waals surface area contributed by atoms with E-state index in [1.54, 1.807) is 9.58 Å². The predicted molar refractivity (Wildman–Crippen MR) is 128 cm³/mol. The Balaban J connectivity index is 1.48. The Morgan fingerprint density at radius 3 is 2.48 bits per heavy atom. The molecule has 0 aliphatic carbocycles. The molecule has 1 aliphatic heterocycles. The Hall–Kier alpha value is -4.12. The fourth-order valence-electron chi connectivity index (χ4n) is 4.35. The van der Waals surface area contributed by atoms with Gasteiger partial charge < -0.3 is 9.80 Å². The molecular weight excluding hydrogens is 414 g/mol. The monoisotopic (exact) mass is 439 g/mol. The van der Waals surface area contributed by atoms with Crippen molar-refractivity contribution in [2.75, 3.05) is 31.1 Å². The predicted octanol–water partition coefficient (Wildman–Crippen LogP) is 2.64. The number of amides is 1. The van der Waals surface area contributed by atoms with Gasteiger partial charge in [0.1, 0.15) is 5.82 Å². The lowest BCUT2D eigenvalue weighted by molar-refractivity contribution is -0.125. The van der Waals surface area contributed by atoms with E-state index in [4.69, 9.17) is 11.4 Å². The number of anilines is 1. The van der Waals surface area contributed by atoms with Crippen LogP contribution in [0.2, 0.25) is 0 Å². The quantitative estimate of drug-likeness (QED) is 0.457. The van der Waals surface area contributed by atoms with E-state index in [2.05, 4.69) is 40.1 Å². The molecule has 1 aliphatic rings. The smallest absolute Gasteiger partial charge is 0.298 e. The lowest BCUT2D eigenvalue weighted by Gasteiger charge is -2.34. The fraction of sp³-hybridized carbons (Fsp3) is 0.280. The topological polar surface area (TPSA) is 71.6 Å². The average molecular weight is 440 g/mol. The van der Waals surface area contributed by atoms with Gasteiger partial charge in [0.25, 0.3) is 5.91 Å². The van der Waals surface area contributed by atoms with Gasteiger partial charge in [0.05, 0.1) is 17.9 Å². The molecule has 1 saturated heterocycles. The number of carbonyl (C=O) groups excluding carboxylic acids is 1. The molecule has 5 heterocycles. The molecule has 0 saturated carbocycles. The van der Waals surface area contributed by atoms with Crippen LogP contribution in [0.4, 0.5) is 5.82 Å². The summed E-state index contributed by atoms with van der Waals surface area (Å²) in [4.78, 5) is 20.4. The normalized spacial score (nSPS) is 14.0. The van der Waals surface area contributed by atoms with Crippen LogP contribution in [-0.2, 0) is 18.3 Å². The number of hydrogen-bond donors (Lipinski definition) is 0. The largest absolute Gasteiger partial charge is 0.353 e. The van der Waals surface area contributed by atoms with Gasteiger partial charge in [-0.15, -0.1) is 6.42 Å². The van der Waals surface area contributed by atoms with Crippen LogP contribution in [0.3, 0.4) is 0 Å². The average Bonchev–Trinajstić information content (AvgIpc) is 3.49. The SMILES string of the molecule is C#CC(=O)N1CCN(c2ccc(-c3cc(-c4cnn(C)c4)cn4ncc(CC)c34)cn2)CC1. The van der Waals surface area contributed by atoms with E-state index in [-0.39, 0.29) is 5.91 Å². The van der Waals surface area contributed by atoms with Crippen LogP contribution in [0.5, 0.6) is 0 Å². The Labute approximate surface area is 192 Å². The highest BCUT2D eigenvalue weighted by atomic mass is 16.2. The second kappa shape index (κ2) is 8.43. The maximum Gasteiger partial charge on any atom is 0.298 e. The van der Waals surface area contributed by atoms with E-state index >= 15 is 0 Å². The molecule has 0 radical (unpaired) electrons. The van der Waals surface area contributed by atoms with Gasteiger partial charge in [-0.2, -0.15) is 10.2 Å². The van der Waals surface area contributed by atoms with Crippen molar-refractivity contribution >= 4 is 17.2 Å². The van der Waals surface area contributed by atoms with E-state index in [0.29, 0.717) is 26.2 Å². The summed E-state index contributed by atoms with van der Waals surface area (Å²) in [5.74, 6) is 2.85. The third kappa shape index (κ3) is 3.82. The van der Waals surface area contributed by atoms with E-state index < -0.39 is 0 Å². The molecule has 4 aromatic heterocycles. The Kier molecular flexibility index (Phi) is 5.31. The highest BCUT2D eigenvalue weighted by Gasteiger charge is 2.21. The highest BCUT2D eigenvalue weighted by Crippen LogP contribution is 2.32. The van der Waals surface area contributed by atoms with Gasteiger partial charge >= 0.3 is 0 Å². The molecule has 0 atom stereocenters. The van der Waals surface area contributed by atoms with Crippen molar-refractivity contribution < 1.29 is 4.79 Å². The molecule has 8 heteroatoms.